The lowest BCUT2D eigenvalue weighted by atomic mass is 11.0. The third kappa shape index (κ3) is 10.9. The second-order valence-corrected chi connectivity index (χ2v) is 26.5. The van der Waals surface area contributed by atoms with Gasteiger partial charge in [0.15, 0.2) is 33.8 Å². The van der Waals surface area contributed by atoms with Crippen molar-refractivity contribution in [1.29, 1.82) is 0 Å². The molecule has 0 saturated carbocycles. The van der Waals surface area contributed by atoms with E-state index in [0.29, 0.717) is 8.83 Å². The average molecular weight is 387 g/mol. The zero-order valence-corrected chi connectivity index (χ0v) is 20.3. The zero-order valence-electron chi connectivity index (χ0n) is 14.5. The molecule has 0 saturated heterocycles. The maximum absolute atomic E-state index is 6.53. The van der Waals surface area contributed by atoms with E-state index in [9.17, 15) is 0 Å². The van der Waals surface area contributed by atoms with Crippen LogP contribution in [0.25, 0.3) is 0 Å². The van der Waals surface area contributed by atoms with Gasteiger partial charge in [0, 0.05) is 6.04 Å². The first-order valence-electron chi connectivity index (χ1n) is 7.12. The monoisotopic (exact) mass is 386 g/mol. The summed E-state index contributed by atoms with van der Waals surface area (Å²) in [5.74, 6) is 0. The van der Waals surface area contributed by atoms with Gasteiger partial charge in [-0.15, -0.1) is 0 Å². The molecule has 0 unspecified atom stereocenters. The first kappa shape index (κ1) is 21.3. The van der Waals surface area contributed by atoms with Crippen molar-refractivity contribution in [2.45, 2.75) is 71.0 Å². The lowest BCUT2D eigenvalue weighted by Gasteiger charge is -2.42. The number of halogens is 1. The van der Waals surface area contributed by atoms with Gasteiger partial charge in [0.1, 0.15) is 0 Å². The summed E-state index contributed by atoms with van der Waals surface area (Å²) in [5, 5.41) is 0. The van der Waals surface area contributed by atoms with Gasteiger partial charge in [0.25, 0.3) is 0 Å². The highest BCUT2D eigenvalue weighted by Gasteiger charge is 2.49. The van der Waals surface area contributed by atoms with Crippen LogP contribution in [0, 0.1) is 0 Å². The second kappa shape index (κ2) is 7.69. The molecule has 3 nitrogen and oxygen atoms in total. The Morgan fingerprint density at radius 3 is 1.20 bits per heavy atom. The van der Waals surface area contributed by atoms with Crippen molar-refractivity contribution in [1.82, 2.24) is 0 Å². The Balaban J connectivity index is 5.38. The molecular formula is C11H31ClO3Si5. The van der Waals surface area contributed by atoms with E-state index in [1.54, 1.807) is 0 Å². The van der Waals surface area contributed by atoms with Crippen LogP contribution in [-0.2, 0) is 12.3 Å². The Morgan fingerprint density at radius 2 is 1.00 bits per heavy atom. The fourth-order valence-corrected chi connectivity index (χ4v) is 18.3. The summed E-state index contributed by atoms with van der Waals surface area (Å²) in [7, 11) is -7.39. The molecule has 0 N–H and O–H groups in total. The Labute approximate surface area is 137 Å². The van der Waals surface area contributed by atoms with Crippen molar-refractivity contribution < 1.29 is 12.3 Å². The molecule has 0 aromatic heterocycles. The molecule has 0 aliphatic rings. The summed E-state index contributed by atoms with van der Waals surface area (Å²) < 4.78 is 19.6. The van der Waals surface area contributed by atoms with Gasteiger partial charge < -0.3 is 12.3 Å². The van der Waals surface area contributed by atoms with Crippen LogP contribution in [0.2, 0.25) is 71.0 Å². The van der Waals surface area contributed by atoms with Crippen LogP contribution in [-0.4, -0.2) is 42.6 Å². The summed E-state index contributed by atoms with van der Waals surface area (Å²) in [4.78, 5) is 0. The molecule has 0 aliphatic heterocycles. The molecule has 20 heavy (non-hydrogen) atoms. The van der Waals surface area contributed by atoms with Gasteiger partial charge in [0.2, 0.25) is 0 Å². The standard InChI is InChI=1S/C11H31ClO3Si5/c1-17(2,3)13-20(11-10-16-12,14-18(4,5)6)15-19(7,8)9/h10-11H2,1-9H3. The lowest BCUT2D eigenvalue weighted by molar-refractivity contribution is 0.254. The van der Waals surface area contributed by atoms with E-state index in [-0.39, 0.29) is 0 Å². The number of rotatable bonds is 9. The minimum absolute atomic E-state index is 0.404. The Morgan fingerprint density at radius 1 is 0.700 bits per heavy atom. The van der Waals surface area contributed by atoms with E-state index in [2.05, 4.69) is 58.9 Å². The SMILES string of the molecule is C[Si](C)(C)O[Si](CC[Si]Cl)(O[Si](C)(C)C)O[Si](C)(C)C. The van der Waals surface area contributed by atoms with Crippen LogP contribution in [0.15, 0.2) is 0 Å². The van der Waals surface area contributed by atoms with E-state index in [0.717, 1.165) is 12.1 Å². The van der Waals surface area contributed by atoms with Crippen LogP contribution in [0.5, 0.6) is 0 Å². The van der Waals surface area contributed by atoms with Crippen molar-refractivity contribution >= 4 is 53.7 Å². The smallest absolute Gasteiger partial charge is 0.417 e. The minimum atomic E-state index is -2.62. The van der Waals surface area contributed by atoms with Crippen LogP contribution in [0.1, 0.15) is 0 Å². The van der Waals surface area contributed by atoms with Crippen molar-refractivity contribution in [3.63, 3.8) is 0 Å². The summed E-state index contributed by atoms with van der Waals surface area (Å²) >= 11 is 5.94. The molecule has 0 amide bonds. The van der Waals surface area contributed by atoms with Crippen LogP contribution < -0.4 is 0 Å². The van der Waals surface area contributed by atoms with Gasteiger partial charge in [-0.2, -0.15) is 11.1 Å². The van der Waals surface area contributed by atoms with Crippen LogP contribution >= 0.6 is 11.1 Å². The maximum atomic E-state index is 6.53. The first-order chi connectivity index (χ1) is 8.68. The maximum Gasteiger partial charge on any atom is 0.469 e. The summed E-state index contributed by atoms with van der Waals surface area (Å²) in [6, 6.07) is 1.78. The summed E-state index contributed by atoms with van der Waals surface area (Å²) in [5.41, 5.74) is 0. The van der Waals surface area contributed by atoms with Gasteiger partial charge in [0.05, 0.1) is 0 Å². The third-order valence-corrected chi connectivity index (χ3v) is 15.4. The quantitative estimate of drug-likeness (QED) is 0.422. The molecule has 0 bridgehead atoms. The molecule has 0 aromatic rings. The Hall–Kier alpha value is 1.25. The van der Waals surface area contributed by atoms with Crippen molar-refractivity contribution in [3.8, 4) is 0 Å². The van der Waals surface area contributed by atoms with Gasteiger partial charge in [-0.3, -0.25) is 0 Å². The molecule has 0 heterocycles. The molecule has 0 fully saturated rings. The molecule has 120 valence electrons. The van der Waals surface area contributed by atoms with Crippen molar-refractivity contribution in [2.24, 2.45) is 0 Å². The molecule has 0 aromatic carbocycles. The molecule has 0 rings (SSSR count). The van der Waals surface area contributed by atoms with E-state index in [4.69, 9.17) is 23.4 Å². The third-order valence-electron chi connectivity index (χ3n) is 1.91. The average Bonchev–Trinajstić information content (AvgIpc) is 2.05. The van der Waals surface area contributed by atoms with Crippen molar-refractivity contribution in [3.05, 3.63) is 0 Å². The Kier molecular flexibility index (Phi) is 8.17. The predicted octanol–water partition coefficient (Wildman–Crippen LogP) is 4.76. The van der Waals surface area contributed by atoms with Gasteiger partial charge >= 0.3 is 8.80 Å². The predicted molar refractivity (Wildman–Crippen MR) is 100 cm³/mol. The number of hydrogen-bond donors (Lipinski definition) is 0. The van der Waals surface area contributed by atoms with Gasteiger partial charge in [-0.25, -0.2) is 0 Å². The fraction of sp³-hybridized carbons (Fsp3) is 1.00. The van der Waals surface area contributed by atoms with Gasteiger partial charge in [-0.05, 0) is 65.0 Å². The Bertz CT molecular complexity index is 255. The molecule has 2 radical (unpaired) electrons. The second-order valence-electron chi connectivity index (χ2n) is 7.96. The lowest BCUT2D eigenvalue weighted by Crippen LogP contribution is -2.60. The summed E-state index contributed by atoms with van der Waals surface area (Å²) in [6.07, 6.45) is 0. The molecular weight excluding hydrogens is 356 g/mol. The molecule has 9 heteroatoms. The first-order valence-corrected chi connectivity index (χ1v) is 21.5. The van der Waals surface area contributed by atoms with E-state index in [1.165, 1.54) is 0 Å². The minimum Gasteiger partial charge on any atom is -0.417 e. The van der Waals surface area contributed by atoms with Crippen LogP contribution in [0.3, 0.4) is 0 Å². The highest BCUT2D eigenvalue weighted by Crippen LogP contribution is 2.29. The largest absolute Gasteiger partial charge is 0.469 e. The number of hydrogen-bond acceptors (Lipinski definition) is 3. The highest BCUT2D eigenvalue weighted by molar-refractivity contribution is 6.95. The zero-order chi connectivity index (χ0) is 16.2. The normalized spacial score (nSPS) is 14.7. The topological polar surface area (TPSA) is 27.7 Å². The molecule has 0 atom stereocenters. The fourth-order valence-electron chi connectivity index (χ4n) is 1.82. The summed E-state index contributed by atoms with van der Waals surface area (Å²) in [6.45, 7) is 19.9. The van der Waals surface area contributed by atoms with E-state index in [1.807, 2.05) is 0 Å². The highest BCUT2D eigenvalue weighted by atomic mass is 35.6. The van der Waals surface area contributed by atoms with Crippen molar-refractivity contribution in [2.75, 3.05) is 0 Å². The molecule has 0 aliphatic carbocycles. The van der Waals surface area contributed by atoms with E-state index < -0.39 is 33.8 Å². The molecule has 0 spiro atoms. The van der Waals surface area contributed by atoms with E-state index >= 15 is 0 Å². The van der Waals surface area contributed by atoms with Crippen LogP contribution in [0.4, 0.5) is 0 Å². The van der Waals surface area contributed by atoms with Gasteiger partial charge in [-0.1, -0.05) is 0 Å².